The number of hydrogen-bond acceptors (Lipinski definition) is 4. The van der Waals surface area contributed by atoms with Crippen LogP contribution in [0.1, 0.15) is 10.4 Å². The van der Waals surface area contributed by atoms with Crippen molar-refractivity contribution in [3.8, 4) is 0 Å². The van der Waals surface area contributed by atoms with Crippen molar-refractivity contribution in [1.82, 2.24) is 15.2 Å². The first-order chi connectivity index (χ1) is 10.1. The van der Waals surface area contributed by atoms with E-state index in [0.29, 0.717) is 11.3 Å². The molecule has 2 heterocycles. The third-order valence-corrected chi connectivity index (χ3v) is 3.17. The average Bonchev–Trinajstić information content (AvgIpc) is 2.95. The minimum Gasteiger partial charge on any atom is -0.363 e. The van der Waals surface area contributed by atoms with Crippen LogP contribution in [0.4, 0.5) is 11.5 Å². The Hall–Kier alpha value is -2.89. The fraction of sp³-hybridized carbons (Fsp3) is 0.133. The molecule has 2 N–H and O–H groups in total. The summed E-state index contributed by atoms with van der Waals surface area (Å²) >= 11 is 0. The van der Waals surface area contributed by atoms with Gasteiger partial charge in [-0.3, -0.25) is 9.89 Å². The monoisotopic (exact) mass is 281 g/mol. The number of aromatic nitrogens is 3. The molecule has 0 atom stereocenters. The molecule has 6 heteroatoms. The predicted molar refractivity (Wildman–Crippen MR) is 82.6 cm³/mol. The van der Waals surface area contributed by atoms with Crippen LogP contribution in [0.3, 0.4) is 0 Å². The quantitative estimate of drug-likeness (QED) is 0.772. The van der Waals surface area contributed by atoms with Crippen molar-refractivity contribution in [2.24, 2.45) is 0 Å². The van der Waals surface area contributed by atoms with E-state index < -0.39 is 0 Å². The molecule has 3 aromatic rings. The van der Waals surface area contributed by atoms with E-state index in [0.717, 1.165) is 16.7 Å². The van der Waals surface area contributed by atoms with Gasteiger partial charge in [-0.1, -0.05) is 0 Å². The Balaban J connectivity index is 1.78. The summed E-state index contributed by atoms with van der Waals surface area (Å²) in [5.41, 5.74) is 2.12. The summed E-state index contributed by atoms with van der Waals surface area (Å²) in [5.74, 6) is 0.622. The Morgan fingerprint density at radius 1 is 1.19 bits per heavy atom. The Labute approximate surface area is 121 Å². The molecule has 0 unspecified atom stereocenters. The summed E-state index contributed by atoms with van der Waals surface area (Å²) in [6.07, 6.45) is 3.31. The number of amides is 1. The van der Waals surface area contributed by atoms with E-state index in [4.69, 9.17) is 0 Å². The highest BCUT2D eigenvalue weighted by molar-refractivity contribution is 6.04. The van der Waals surface area contributed by atoms with Crippen molar-refractivity contribution >= 4 is 28.3 Å². The zero-order valence-electron chi connectivity index (χ0n) is 11.8. The van der Waals surface area contributed by atoms with Crippen LogP contribution < -0.4 is 10.2 Å². The minimum atomic E-state index is -0.188. The molecule has 0 radical (unpaired) electrons. The van der Waals surface area contributed by atoms with Gasteiger partial charge in [0.25, 0.3) is 5.91 Å². The van der Waals surface area contributed by atoms with E-state index in [2.05, 4.69) is 20.5 Å². The molecule has 1 amide bonds. The highest BCUT2D eigenvalue weighted by atomic mass is 16.1. The Kier molecular flexibility index (Phi) is 3.27. The SMILES string of the molecule is CN(C)c1ccc(C(=O)Nc2ccc3cn[nH]c3c2)cn1. The highest BCUT2D eigenvalue weighted by Crippen LogP contribution is 2.17. The Morgan fingerprint density at radius 2 is 2.05 bits per heavy atom. The summed E-state index contributed by atoms with van der Waals surface area (Å²) in [7, 11) is 3.81. The van der Waals surface area contributed by atoms with E-state index in [1.54, 1.807) is 18.5 Å². The third kappa shape index (κ3) is 2.69. The molecule has 106 valence electrons. The van der Waals surface area contributed by atoms with Crippen LogP contribution in [0.2, 0.25) is 0 Å². The number of rotatable bonds is 3. The molecule has 3 rings (SSSR count). The molecule has 0 aliphatic carbocycles. The summed E-state index contributed by atoms with van der Waals surface area (Å²) in [5, 5.41) is 10.7. The lowest BCUT2D eigenvalue weighted by Gasteiger charge is -2.11. The molecule has 21 heavy (non-hydrogen) atoms. The summed E-state index contributed by atoms with van der Waals surface area (Å²) < 4.78 is 0. The van der Waals surface area contributed by atoms with Gasteiger partial charge in [-0.25, -0.2) is 4.98 Å². The summed E-state index contributed by atoms with van der Waals surface area (Å²) in [6, 6.07) is 9.17. The number of aromatic amines is 1. The van der Waals surface area contributed by atoms with Crippen molar-refractivity contribution < 1.29 is 4.79 Å². The smallest absolute Gasteiger partial charge is 0.257 e. The zero-order chi connectivity index (χ0) is 14.8. The number of nitrogens with one attached hydrogen (secondary N) is 2. The number of hydrogen-bond donors (Lipinski definition) is 2. The molecule has 0 aliphatic heterocycles. The van der Waals surface area contributed by atoms with Crippen molar-refractivity contribution in [3.63, 3.8) is 0 Å². The standard InChI is InChI=1S/C15H15N5O/c1-20(2)14-6-4-11(8-16-14)15(21)18-12-5-3-10-9-17-19-13(10)7-12/h3-9H,1-2H3,(H,17,19)(H,18,21). The lowest BCUT2D eigenvalue weighted by molar-refractivity contribution is 0.102. The van der Waals surface area contributed by atoms with Crippen LogP contribution in [0.5, 0.6) is 0 Å². The largest absolute Gasteiger partial charge is 0.363 e. The fourth-order valence-electron chi connectivity index (χ4n) is 2.00. The highest BCUT2D eigenvalue weighted by Gasteiger charge is 2.08. The number of anilines is 2. The molecule has 0 bridgehead atoms. The van der Waals surface area contributed by atoms with E-state index in [9.17, 15) is 4.79 Å². The van der Waals surface area contributed by atoms with Gasteiger partial charge in [0.1, 0.15) is 5.82 Å². The minimum absolute atomic E-state index is 0.188. The lowest BCUT2D eigenvalue weighted by atomic mass is 10.2. The van der Waals surface area contributed by atoms with Crippen LogP contribution in [0, 0.1) is 0 Å². The van der Waals surface area contributed by atoms with E-state index in [1.807, 2.05) is 43.3 Å². The maximum atomic E-state index is 12.2. The number of H-pyrrole nitrogens is 1. The van der Waals surface area contributed by atoms with Crippen LogP contribution in [-0.4, -0.2) is 35.2 Å². The molecule has 0 aliphatic rings. The number of nitrogens with zero attached hydrogens (tertiary/aromatic N) is 3. The van der Waals surface area contributed by atoms with Crippen LogP contribution in [0.25, 0.3) is 10.9 Å². The molecule has 6 nitrogen and oxygen atoms in total. The van der Waals surface area contributed by atoms with E-state index in [-0.39, 0.29) is 5.91 Å². The van der Waals surface area contributed by atoms with Crippen LogP contribution in [-0.2, 0) is 0 Å². The molecule has 0 spiro atoms. The van der Waals surface area contributed by atoms with E-state index >= 15 is 0 Å². The number of pyridine rings is 1. The fourth-order valence-corrected chi connectivity index (χ4v) is 2.00. The van der Waals surface area contributed by atoms with Crippen molar-refractivity contribution in [2.45, 2.75) is 0 Å². The second kappa shape index (κ2) is 5.24. The molecule has 1 aromatic carbocycles. The van der Waals surface area contributed by atoms with Gasteiger partial charge in [-0.2, -0.15) is 5.10 Å². The Morgan fingerprint density at radius 3 is 2.76 bits per heavy atom. The van der Waals surface area contributed by atoms with Crippen molar-refractivity contribution in [1.29, 1.82) is 0 Å². The van der Waals surface area contributed by atoms with Gasteiger partial charge in [-0.15, -0.1) is 0 Å². The molecule has 0 fully saturated rings. The first-order valence-electron chi connectivity index (χ1n) is 6.51. The molecule has 0 saturated heterocycles. The van der Waals surface area contributed by atoms with Gasteiger partial charge in [-0.05, 0) is 30.3 Å². The molecular weight excluding hydrogens is 266 g/mol. The van der Waals surface area contributed by atoms with Gasteiger partial charge in [0, 0.05) is 31.4 Å². The van der Waals surface area contributed by atoms with Gasteiger partial charge in [0.05, 0.1) is 17.3 Å². The summed E-state index contributed by atoms with van der Waals surface area (Å²) in [6.45, 7) is 0. The van der Waals surface area contributed by atoms with Crippen molar-refractivity contribution in [3.05, 3.63) is 48.3 Å². The first-order valence-corrected chi connectivity index (χ1v) is 6.51. The number of carbonyl (C=O) groups is 1. The van der Waals surface area contributed by atoms with E-state index in [1.165, 1.54) is 0 Å². The second-order valence-electron chi connectivity index (χ2n) is 4.93. The Bertz CT molecular complexity index is 776. The maximum Gasteiger partial charge on any atom is 0.257 e. The van der Waals surface area contributed by atoms with Gasteiger partial charge >= 0.3 is 0 Å². The molecule has 2 aromatic heterocycles. The number of fused-ring (bicyclic) bond motifs is 1. The topological polar surface area (TPSA) is 73.9 Å². The third-order valence-electron chi connectivity index (χ3n) is 3.17. The lowest BCUT2D eigenvalue weighted by Crippen LogP contribution is -2.14. The number of carbonyl (C=O) groups excluding carboxylic acids is 1. The van der Waals surface area contributed by atoms with Gasteiger partial charge in [0.15, 0.2) is 0 Å². The first kappa shape index (κ1) is 13.1. The zero-order valence-corrected chi connectivity index (χ0v) is 11.8. The normalized spacial score (nSPS) is 10.6. The van der Waals surface area contributed by atoms with Gasteiger partial charge < -0.3 is 10.2 Å². The maximum absolute atomic E-state index is 12.2. The molecular formula is C15H15N5O. The average molecular weight is 281 g/mol. The second-order valence-corrected chi connectivity index (χ2v) is 4.93. The van der Waals surface area contributed by atoms with Gasteiger partial charge in [0.2, 0.25) is 0 Å². The van der Waals surface area contributed by atoms with Crippen LogP contribution >= 0.6 is 0 Å². The molecule has 0 saturated carbocycles. The number of benzene rings is 1. The van der Waals surface area contributed by atoms with Crippen molar-refractivity contribution in [2.75, 3.05) is 24.3 Å². The summed E-state index contributed by atoms with van der Waals surface area (Å²) in [4.78, 5) is 18.3. The predicted octanol–water partition coefficient (Wildman–Crippen LogP) is 2.28. The van der Waals surface area contributed by atoms with Crippen LogP contribution in [0.15, 0.2) is 42.7 Å².